The van der Waals surface area contributed by atoms with Gasteiger partial charge in [0.25, 0.3) is 0 Å². The van der Waals surface area contributed by atoms with E-state index in [1.807, 2.05) is 6.07 Å². The van der Waals surface area contributed by atoms with E-state index in [0.29, 0.717) is 6.54 Å². The first-order valence-electron chi connectivity index (χ1n) is 2.50. The lowest BCUT2D eigenvalue weighted by Crippen LogP contribution is -2.20. The number of rotatable bonds is 2. The molecular weight excluding hydrogens is 184 g/mol. The number of halogens is 1. The summed E-state index contributed by atoms with van der Waals surface area (Å²) in [6.45, 7) is 0.549. The Balaban J connectivity index is 2.69. The van der Waals surface area contributed by atoms with Gasteiger partial charge in [-0.05, 0) is 22.0 Å². The number of nitrogens with one attached hydrogen (secondary N) is 1. The molecule has 1 aromatic heterocycles. The fourth-order valence-corrected chi connectivity index (χ4v) is 0.885. The van der Waals surface area contributed by atoms with Gasteiger partial charge in [0.1, 0.15) is 5.76 Å². The van der Waals surface area contributed by atoms with Crippen LogP contribution in [0.3, 0.4) is 0 Å². The third-order valence-corrected chi connectivity index (χ3v) is 1.66. The molecule has 0 radical (unpaired) electrons. The van der Waals surface area contributed by atoms with Gasteiger partial charge in [0, 0.05) is 0 Å². The normalized spacial score (nSPS) is 10.0. The molecule has 50 valence electrons. The van der Waals surface area contributed by atoms with Crippen LogP contribution in [0.4, 0.5) is 0 Å². The highest BCUT2D eigenvalue weighted by Gasteiger charge is 1.99. The first-order valence-corrected chi connectivity index (χ1v) is 3.29. The molecule has 0 saturated carbocycles. The van der Waals surface area contributed by atoms with Gasteiger partial charge < -0.3 is 4.42 Å². The zero-order chi connectivity index (χ0) is 6.69. The Hall–Kier alpha value is -0.320. The first kappa shape index (κ1) is 6.80. The summed E-state index contributed by atoms with van der Waals surface area (Å²) in [5.41, 5.74) is 2.49. The summed E-state index contributed by atoms with van der Waals surface area (Å²) < 4.78 is 5.96. The molecule has 0 aliphatic heterocycles. The highest BCUT2D eigenvalue weighted by Crippen LogP contribution is 2.16. The van der Waals surface area contributed by atoms with Crippen LogP contribution in [0.5, 0.6) is 0 Å². The van der Waals surface area contributed by atoms with Gasteiger partial charge in [-0.1, -0.05) is 0 Å². The van der Waals surface area contributed by atoms with Crippen LogP contribution < -0.4 is 11.3 Å². The van der Waals surface area contributed by atoms with Gasteiger partial charge >= 0.3 is 0 Å². The summed E-state index contributed by atoms with van der Waals surface area (Å²) in [6, 6.07) is 1.83. The van der Waals surface area contributed by atoms with Crippen LogP contribution in [-0.4, -0.2) is 0 Å². The first-order chi connectivity index (χ1) is 4.34. The quantitative estimate of drug-likeness (QED) is 0.541. The number of nitrogens with two attached hydrogens (primary N) is 1. The van der Waals surface area contributed by atoms with E-state index in [2.05, 4.69) is 21.4 Å². The molecule has 0 saturated heterocycles. The summed E-state index contributed by atoms with van der Waals surface area (Å²) in [6.07, 6.45) is 1.61. The second-order valence-electron chi connectivity index (χ2n) is 1.57. The number of hydrogen-bond acceptors (Lipinski definition) is 3. The summed E-state index contributed by atoms with van der Waals surface area (Å²) in [5, 5.41) is 0. The van der Waals surface area contributed by atoms with Gasteiger partial charge in [-0.2, -0.15) is 0 Å². The molecular formula is C5H7BrN2O. The van der Waals surface area contributed by atoms with Crippen LogP contribution in [0, 0.1) is 0 Å². The second kappa shape index (κ2) is 3.00. The van der Waals surface area contributed by atoms with Gasteiger partial charge in [0.2, 0.25) is 0 Å². The van der Waals surface area contributed by atoms with E-state index in [9.17, 15) is 0 Å². The van der Waals surface area contributed by atoms with Crippen molar-refractivity contribution in [3.05, 3.63) is 22.6 Å². The topological polar surface area (TPSA) is 51.2 Å². The van der Waals surface area contributed by atoms with Crippen molar-refractivity contribution in [2.24, 2.45) is 5.84 Å². The van der Waals surface area contributed by atoms with E-state index in [1.54, 1.807) is 6.26 Å². The monoisotopic (exact) mass is 190 g/mol. The lowest BCUT2D eigenvalue weighted by molar-refractivity contribution is 0.485. The molecule has 0 unspecified atom stereocenters. The van der Waals surface area contributed by atoms with Crippen molar-refractivity contribution in [1.82, 2.24) is 5.43 Å². The summed E-state index contributed by atoms with van der Waals surface area (Å²) in [7, 11) is 0. The maximum absolute atomic E-state index is 5.06. The summed E-state index contributed by atoms with van der Waals surface area (Å²) in [5.74, 6) is 5.87. The molecule has 0 spiro atoms. The Morgan fingerprint density at radius 3 is 3.00 bits per heavy atom. The maximum atomic E-state index is 5.06. The van der Waals surface area contributed by atoms with Crippen molar-refractivity contribution in [3.63, 3.8) is 0 Å². The SMILES string of the molecule is NNCc1occc1Br. The summed E-state index contributed by atoms with van der Waals surface area (Å²) in [4.78, 5) is 0. The van der Waals surface area contributed by atoms with Crippen molar-refractivity contribution < 1.29 is 4.42 Å². The Kier molecular flexibility index (Phi) is 2.27. The smallest absolute Gasteiger partial charge is 0.133 e. The fourth-order valence-electron chi connectivity index (χ4n) is 0.544. The van der Waals surface area contributed by atoms with Crippen molar-refractivity contribution in [2.75, 3.05) is 0 Å². The average Bonchev–Trinajstić information content (AvgIpc) is 2.18. The predicted molar refractivity (Wildman–Crippen MR) is 37.4 cm³/mol. The van der Waals surface area contributed by atoms with Gasteiger partial charge in [-0.3, -0.25) is 11.3 Å². The molecule has 4 heteroatoms. The molecule has 0 aliphatic carbocycles. The van der Waals surface area contributed by atoms with Gasteiger partial charge in [0.05, 0.1) is 17.3 Å². The van der Waals surface area contributed by atoms with E-state index in [4.69, 9.17) is 10.3 Å². The Labute approximate surface area is 61.3 Å². The third kappa shape index (κ3) is 1.54. The van der Waals surface area contributed by atoms with Gasteiger partial charge in [-0.25, -0.2) is 0 Å². The standard InChI is InChI=1S/C5H7BrN2O/c6-4-1-2-9-5(4)3-8-7/h1-2,8H,3,7H2. The predicted octanol–water partition coefficient (Wildman–Crippen LogP) is 1.01. The van der Waals surface area contributed by atoms with Crippen molar-refractivity contribution >= 4 is 15.9 Å². The van der Waals surface area contributed by atoms with Gasteiger partial charge in [-0.15, -0.1) is 0 Å². The van der Waals surface area contributed by atoms with Crippen LogP contribution in [0.2, 0.25) is 0 Å². The minimum Gasteiger partial charge on any atom is -0.467 e. The minimum absolute atomic E-state index is 0.549. The molecule has 0 bridgehead atoms. The highest BCUT2D eigenvalue weighted by atomic mass is 79.9. The van der Waals surface area contributed by atoms with Crippen molar-refractivity contribution in [3.8, 4) is 0 Å². The summed E-state index contributed by atoms with van der Waals surface area (Å²) >= 11 is 3.28. The highest BCUT2D eigenvalue weighted by molar-refractivity contribution is 9.10. The third-order valence-electron chi connectivity index (χ3n) is 0.954. The molecule has 1 heterocycles. The molecule has 0 atom stereocenters. The molecule has 3 N–H and O–H groups in total. The van der Waals surface area contributed by atoms with Crippen LogP contribution in [0.1, 0.15) is 5.76 Å². The van der Waals surface area contributed by atoms with E-state index in [-0.39, 0.29) is 0 Å². The molecule has 9 heavy (non-hydrogen) atoms. The van der Waals surface area contributed by atoms with Crippen LogP contribution >= 0.6 is 15.9 Å². The number of hydrazine groups is 1. The largest absolute Gasteiger partial charge is 0.467 e. The van der Waals surface area contributed by atoms with Crippen LogP contribution in [0.25, 0.3) is 0 Å². The molecule has 3 nitrogen and oxygen atoms in total. The Morgan fingerprint density at radius 2 is 2.56 bits per heavy atom. The number of furan rings is 1. The molecule has 0 fully saturated rings. The van der Waals surface area contributed by atoms with E-state index in [0.717, 1.165) is 10.2 Å². The fraction of sp³-hybridized carbons (Fsp3) is 0.200. The molecule has 1 aromatic rings. The lowest BCUT2D eigenvalue weighted by Gasteiger charge is -1.92. The van der Waals surface area contributed by atoms with Crippen LogP contribution in [0.15, 0.2) is 21.2 Å². The Morgan fingerprint density at radius 1 is 1.78 bits per heavy atom. The molecule has 1 rings (SSSR count). The van der Waals surface area contributed by atoms with Gasteiger partial charge in [0.15, 0.2) is 0 Å². The zero-order valence-corrected chi connectivity index (χ0v) is 6.31. The second-order valence-corrected chi connectivity index (χ2v) is 2.43. The van der Waals surface area contributed by atoms with E-state index >= 15 is 0 Å². The van der Waals surface area contributed by atoms with Crippen molar-refractivity contribution in [1.29, 1.82) is 0 Å². The molecule has 0 aliphatic rings. The minimum atomic E-state index is 0.549. The van der Waals surface area contributed by atoms with Crippen LogP contribution in [-0.2, 0) is 6.54 Å². The van der Waals surface area contributed by atoms with Crippen molar-refractivity contribution in [2.45, 2.75) is 6.54 Å². The zero-order valence-electron chi connectivity index (χ0n) is 4.73. The Bertz CT molecular complexity index is 187. The number of hydrogen-bond donors (Lipinski definition) is 2. The van der Waals surface area contributed by atoms with E-state index < -0.39 is 0 Å². The lowest BCUT2D eigenvalue weighted by atomic mass is 10.5. The maximum Gasteiger partial charge on any atom is 0.133 e. The van der Waals surface area contributed by atoms with E-state index in [1.165, 1.54) is 0 Å². The molecule has 0 aromatic carbocycles. The molecule has 0 amide bonds. The average molecular weight is 191 g/mol.